The van der Waals surface area contributed by atoms with Crippen LogP contribution in [0.4, 0.5) is 4.39 Å². The van der Waals surface area contributed by atoms with Crippen molar-refractivity contribution in [3.8, 4) is 5.69 Å². The first-order chi connectivity index (χ1) is 15.5. The van der Waals surface area contributed by atoms with Gasteiger partial charge in [0.15, 0.2) is 10.9 Å². The predicted octanol–water partition coefficient (Wildman–Crippen LogP) is 5.63. The Morgan fingerprint density at radius 1 is 1.06 bits per heavy atom. The van der Waals surface area contributed by atoms with Gasteiger partial charge in [-0.2, -0.15) is 0 Å². The van der Waals surface area contributed by atoms with E-state index >= 15 is 0 Å². The molecule has 3 aromatic carbocycles. The fourth-order valence-corrected chi connectivity index (χ4v) is 4.64. The molecular formula is C24H15ClFN3O2S. The molecule has 0 unspecified atom stereocenters. The lowest BCUT2D eigenvalue weighted by molar-refractivity contribution is 0.102. The Labute approximate surface area is 190 Å². The number of aromatic nitrogens is 3. The molecule has 0 aliphatic heterocycles. The van der Waals surface area contributed by atoms with Crippen molar-refractivity contribution in [3.05, 3.63) is 99.7 Å². The van der Waals surface area contributed by atoms with Crippen molar-refractivity contribution in [2.45, 2.75) is 5.16 Å². The zero-order valence-corrected chi connectivity index (χ0v) is 18.1. The molecule has 0 aliphatic rings. The van der Waals surface area contributed by atoms with E-state index in [0.29, 0.717) is 27.3 Å². The van der Waals surface area contributed by atoms with E-state index in [2.05, 4.69) is 9.97 Å². The molecule has 0 bridgehead atoms. The molecule has 2 aromatic heterocycles. The number of rotatable bonds is 5. The molecule has 0 fully saturated rings. The van der Waals surface area contributed by atoms with Crippen LogP contribution in [0.5, 0.6) is 0 Å². The summed E-state index contributed by atoms with van der Waals surface area (Å²) in [6, 6.07) is 18.6. The molecule has 158 valence electrons. The number of fused-ring (bicyclic) bond motifs is 2. The first-order valence-corrected chi connectivity index (χ1v) is 11.1. The van der Waals surface area contributed by atoms with Crippen LogP contribution in [-0.2, 0) is 0 Å². The number of carbonyl (C=O) groups is 1. The van der Waals surface area contributed by atoms with Crippen molar-refractivity contribution in [1.82, 2.24) is 14.5 Å². The highest BCUT2D eigenvalue weighted by molar-refractivity contribution is 7.99. The number of thioether (sulfide) groups is 1. The Bertz CT molecular complexity index is 1560. The summed E-state index contributed by atoms with van der Waals surface area (Å²) in [6.45, 7) is 0. The van der Waals surface area contributed by atoms with Crippen LogP contribution in [0, 0.1) is 5.82 Å². The average Bonchev–Trinajstić information content (AvgIpc) is 3.24. The summed E-state index contributed by atoms with van der Waals surface area (Å²) >= 11 is 7.11. The summed E-state index contributed by atoms with van der Waals surface area (Å²) in [5.41, 5.74) is 2.03. The van der Waals surface area contributed by atoms with E-state index in [1.165, 1.54) is 22.8 Å². The lowest BCUT2D eigenvalue weighted by Crippen LogP contribution is -2.22. The van der Waals surface area contributed by atoms with E-state index in [0.717, 1.165) is 22.7 Å². The zero-order chi connectivity index (χ0) is 22.2. The second-order valence-corrected chi connectivity index (χ2v) is 8.46. The van der Waals surface area contributed by atoms with Gasteiger partial charge in [0, 0.05) is 22.7 Å². The van der Waals surface area contributed by atoms with Gasteiger partial charge in [-0.15, -0.1) is 0 Å². The normalized spacial score (nSPS) is 11.3. The number of hydrogen-bond acceptors (Lipinski definition) is 4. The van der Waals surface area contributed by atoms with Crippen LogP contribution >= 0.6 is 23.4 Å². The monoisotopic (exact) mass is 463 g/mol. The Morgan fingerprint density at radius 3 is 2.62 bits per heavy atom. The lowest BCUT2D eigenvalue weighted by Gasteiger charge is -2.13. The second kappa shape index (κ2) is 8.26. The first kappa shape index (κ1) is 20.5. The molecule has 0 saturated heterocycles. The third kappa shape index (κ3) is 3.59. The van der Waals surface area contributed by atoms with Crippen LogP contribution in [0.2, 0.25) is 5.02 Å². The smallest absolute Gasteiger partial charge is 0.266 e. The number of hydrogen-bond donors (Lipinski definition) is 1. The highest BCUT2D eigenvalue weighted by atomic mass is 35.5. The molecule has 1 N–H and O–H groups in total. The molecule has 0 aliphatic carbocycles. The minimum absolute atomic E-state index is 0.0710. The molecule has 0 amide bonds. The van der Waals surface area contributed by atoms with Gasteiger partial charge in [0.05, 0.1) is 27.4 Å². The number of benzene rings is 3. The van der Waals surface area contributed by atoms with Crippen LogP contribution in [0.3, 0.4) is 0 Å². The minimum Gasteiger partial charge on any atom is -0.360 e. The van der Waals surface area contributed by atoms with Gasteiger partial charge in [0.25, 0.3) is 5.56 Å². The molecule has 5 rings (SSSR count). The molecule has 5 aromatic rings. The number of ketones is 1. The van der Waals surface area contributed by atoms with E-state index in [-0.39, 0.29) is 22.1 Å². The van der Waals surface area contributed by atoms with E-state index in [1.807, 2.05) is 24.3 Å². The molecule has 5 nitrogen and oxygen atoms in total. The maximum Gasteiger partial charge on any atom is 0.266 e. The predicted molar refractivity (Wildman–Crippen MR) is 126 cm³/mol. The summed E-state index contributed by atoms with van der Waals surface area (Å²) in [4.78, 5) is 33.9. The lowest BCUT2D eigenvalue weighted by atomic mass is 10.1. The first-order valence-electron chi connectivity index (χ1n) is 9.72. The Balaban J connectivity index is 1.57. The van der Waals surface area contributed by atoms with Crippen molar-refractivity contribution in [2.75, 3.05) is 5.75 Å². The zero-order valence-electron chi connectivity index (χ0n) is 16.5. The summed E-state index contributed by atoms with van der Waals surface area (Å²) in [5.74, 6) is -0.610. The minimum atomic E-state index is -0.582. The summed E-state index contributed by atoms with van der Waals surface area (Å²) < 4.78 is 15.1. The largest absolute Gasteiger partial charge is 0.360 e. The number of para-hydroxylation sites is 2. The number of aromatic amines is 1. The Morgan fingerprint density at radius 2 is 1.81 bits per heavy atom. The van der Waals surface area contributed by atoms with Gasteiger partial charge in [-0.05, 0) is 36.4 Å². The van der Waals surface area contributed by atoms with Crippen molar-refractivity contribution in [3.63, 3.8) is 0 Å². The summed E-state index contributed by atoms with van der Waals surface area (Å²) in [6.07, 6.45) is 1.69. The van der Waals surface area contributed by atoms with Crippen LogP contribution in [0.15, 0.2) is 82.9 Å². The molecule has 0 spiro atoms. The van der Waals surface area contributed by atoms with Gasteiger partial charge in [0.2, 0.25) is 0 Å². The van der Waals surface area contributed by atoms with Gasteiger partial charge in [-0.1, -0.05) is 53.7 Å². The quantitative estimate of drug-likeness (QED) is 0.208. The molecule has 32 heavy (non-hydrogen) atoms. The van der Waals surface area contributed by atoms with Crippen LogP contribution in [-0.4, -0.2) is 26.1 Å². The van der Waals surface area contributed by atoms with Gasteiger partial charge < -0.3 is 4.98 Å². The molecule has 2 heterocycles. The second-order valence-electron chi connectivity index (χ2n) is 7.11. The number of Topliss-reactive ketones (excluding diaryl/α,β-unsaturated/α-hetero) is 1. The van der Waals surface area contributed by atoms with Crippen molar-refractivity contribution < 1.29 is 9.18 Å². The van der Waals surface area contributed by atoms with Gasteiger partial charge in [-0.3, -0.25) is 14.2 Å². The summed E-state index contributed by atoms with van der Waals surface area (Å²) in [7, 11) is 0. The SMILES string of the molecule is O=C(CSc1nc2ccccc2c(=O)n1-c1ccc(F)c(Cl)c1)c1c[nH]c2ccccc12. The standard InChI is InChI=1S/C24H15ClFN3O2S/c25-18-11-14(9-10-19(18)26)29-23(31)16-6-2-4-8-21(16)28-24(29)32-13-22(30)17-12-27-20-7-3-1-5-15(17)20/h1-12,27H,13H2. The van der Waals surface area contributed by atoms with Crippen molar-refractivity contribution in [2.24, 2.45) is 0 Å². The van der Waals surface area contributed by atoms with E-state index in [4.69, 9.17) is 11.6 Å². The number of nitrogens with one attached hydrogen (secondary N) is 1. The van der Waals surface area contributed by atoms with E-state index in [9.17, 15) is 14.0 Å². The fourth-order valence-electron chi connectivity index (χ4n) is 3.57. The maximum absolute atomic E-state index is 13.7. The number of H-pyrrole nitrogens is 1. The van der Waals surface area contributed by atoms with E-state index in [1.54, 1.807) is 30.5 Å². The van der Waals surface area contributed by atoms with Crippen LogP contribution < -0.4 is 5.56 Å². The van der Waals surface area contributed by atoms with Crippen molar-refractivity contribution in [1.29, 1.82) is 0 Å². The molecule has 0 atom stereocenters. The number of halogens is 2. The molecule has 0 radical (unpaired) electrons. The summed E-state index contributed by atoms with van der Waals surface area (Å²) in [5, 5.41) is 1.48. The fraction of sp³-hybridized carbons (Fsp3) is 0.0417. The number of carbonyl (C=O) groups excluding carboxylic acids is 1. The van der Waals surface area contributed by atoms with Gasteiger partial charge >= 0.3 is 0 Å². The Hall–Kier alpha value is -3.42. The third-order valence-electron chi connectivity index (χ3n) is 5.13. The average molecular weight is 464 g/mol. The topological polar surface area (TPSA) is 67.8 Å². The molecule has 8 heteroatoms. The third-order valence-corrected chi connectivity index (χ3v) is 6.36. The maximum atomic E-state index is 13.7. The molecule has 0 saturated carbocycles. The Kier molecular flexibility index (Phi) is 5.28. The van der Waals surface area contributed by atoms with Crippen LogP contribution in [0.25, 0.3) is 27.5 Å². The van der Waals surface area contributed by atoms with Crippen molar-refractivity contribution >= 4 is 51.0 Å². The molecular weight excluding hydrogens is 449 g/mol. The van der Waals surface area contributed by atoms with Gasteiger partial charge in [-0.25, -0.2) is 9.37 Å². The van der Waals surface area contributed by atoms with Crippen LogP contribution in [0.1, 0.15) is 10.4 Å². The highest BCUT2D eigenvalue weighted by Gasteiger charge is 2.18. The highest BCUT2D eigenvalue weighted by Crippen LogP contribution is 2.26. The van der Waals surface area contributed by atoms with E-state index < -0.39 is 5.82 Å². The van der Waals surface area contributed by atoms with Gasteiger partial charge in [0.1, 0.15) is 5.82 Å². The number of nitrogens with zero attached hydrogens (tertiary/aromatic N) is 2.